The number of rotatable bonds is 1. The van der Waals surface area contributed by atoms with Crippen LogP contribution in [0.2, 0.25) is 0 Å². The number of hydrogen-bond donors (Lipinski definition) is 2. The summed E-state index contributed by atoms with van der Waals surface area (Å²) in [6.45, 7) is 5.94. The molecular weight excluding hydrogens is 250 g/mol. The van der Waals surface area contributed by atoms with Crippen molar-refractivity contribution in [2.75, 3.05) is 18.1 Å². The summed E-state index contributed by atoms with van der Waals surface area (Å²) >= 11 is 0. The quantitative estimate of drug-likeness (QED) is 0.831. The fourth-order valence-corrected chi connectivity index (χ4v) is 1.52. The minimum Gasteiger partial charge on any atom is -0.383 e. The number of anilines is 2. The molecule has 0 atom stereocenters. The van der Waals surface area contributed by atoms with E-state index in [1.807, 2.05) is 25.1 Å². The number of nitrogens with one attached hydrogen (secondary N) is 1. The predicted octanol–water partition coefficient (Wildman–Crippen LogP) is 3.43. The van der Waals surface area contributed by atoms with Crippen molar-refractivity contribution in [1.29, 1.82) is 5.26 Å². The van der Waals surface area contributed by atoms with Gasteiger partial charge in [0.25, 0.3) is 0 Å². The van der Waals surface area contributed by atoms with E-state index in [0.717, 1.165) is 10.9 Å². The molecule has 5 heteroatoms. The lowest BCUT2D eigenvalue weighted by molar-refractivity contribution is 1.19. The number of nitrogen functional groups attached to an aromatic ring is 1. The van der Waals surface area contributed by atoms with Gasteiger partial charge in [0, 0.05) is 18.9 Å². The van der Waals surface area contributed by atoms with Gasteiger partial charge in [-0.15, -0.1) is 0 Å². The standard InChI is InChI=1S/C11H14N4.C3H5N.CH4/c1-6-4-8-9(5-7(6)2)14-11(13-3)15-10(8)12;1-2-3-4;/h4-5H,1-3H3,(H3,12,13,14,15);2H2,1H3;1H4. The van der Waals surface area contributed by atoms with E-state index >= 15 is 0 Å². The van der Waals surface area contributed by atoms with Crippen molar-refractivity contribution >= 4 is 22.7 Å². The molecule has 0 saturated carbocycles. The Morgan fingerprint density at radius 2 is 1.80 bits per heavy atom. The van der Waals surface area contributed by atoms with Gasteiger partial charge in [-0.25, -0.2) is 4.98 Å². The van der Waals surface area contributed by atoms with Crippen LogP contribution in [0.1, 0.15) is 31.9 Å². The van der Waals surface area contributed by atoms with E-state index in [-0.39, 0.29) is 7.43 Å². The topological polar surface area (TPSA) is 87.6 Å². The number of nitrogens with two attached hydrogens (primary N) is 1. The molecule has 2 aromatic rings. The van der Waals surface area contributed by atoms with Crippen LogP contribution >= 0.6 is 0 Å². The normalized spacial score (nSPS) is 8.95. The van der Waals surface area contributed by atoms with Crippen molar-refractivity contribution in [3.8, 4) is 6.07 Å². The third kappa shape index (κ3) is 4.09. The lowest BCUT2D eigenvalue weighted by Crippen LogP contribution is -2.01. The molecule has 2 rings (SSSR count). The van der Waals surface area contributed by atoms with Crippen LogP contribution in [0.25, 0.3) is 10.9 Å². The maximum Gasteiger partial charge on any atom is 0.224 e. The zero-order valence-electron chi connectivity index (χ0n) is 11.8. The Kier molecular flexibility index (Phi) is 7.01. The number of fused-ring (bicyclic) bond motifs is 1. The van der Waals surface area contributed by atoms with Gasteiger partial charge in [-0.05, 0) is 37.1 Å². The number of benzene rings is 1. The Morgan fingerprint density at radius 1 is 1.25 bits per heavy atom. The molecule has 5 nitrogen and oxygen atoms in total. The Morgan fingerprint density at radius 3 is 2.30 bits per heavy atom. The van der Waals surface area contributed by atoms with Gasteiger partial charge in [0.05, 0.1) is 11.6 Å². The molecule has 1 heterocycles. The van der Waals surface area contributed by atoms with E-state index in [2.05, 4.69) is 29.1 Å². The molecule has 0 unspecified atom stereocenters. The average Bonchev–Trinajstić information content (AvgIpc) is 2.41. The van der Waals surface area contributed by atoms with Crippen molar-refractivity contribution in [3.63, 3.8) is 0 Å². The zero-order chi connectivity index (χ0) is 14.4. The highest BCUT2D eigenvalue weighted by Crippen LogP contribution is 2.22. The molecule has 1 aromatic heterocycles. The van der Waals surface area contributed by atoms with E-state index in [1.54, 1.807) is 7.05 Å². The van der Waals surface area contributed by atoms with Crippen molar-refractivity contribution < 1.29 is 0 Å². The summed E-state index contributed by atoms with van der Waals surface area (Å²) in [6.07, 6.45) is 0.625. The number of nitrogens with zero attached hydrogens (tertiary/aromatic N) is 3. The fraction of sp³-hybridized carbons (Fsp3) is 0.400. The molecule has 0 aliphatic heterocycles. The fourth-order valence-electron chi connectivity index (χ4n) is 1.52. The summed E-state index contributed by atoms with van der Waals surface area (Å²) in [6, 6.07) is 5.99. The van der Waals surface area contributed by atoms with Crippen LogP contribution in [0, 0.1) is 25.2 Å². The first-order valence-electron chi connectivity index (χ1n) is 6.12. The lowest BCUT2D eigenvalue weighted by Gasteiger charge is -2.07. The van der Waals surface area contributed by atoms with Crippen LogP contribution in [0.4, 0.5) is 11.8 Å². The van der Waals surface area contributed by atoms with E-state index in [0.29, 0.717) is 18.2 Å². The molecule has 1 aromatic carbocycles. The smallest absolute Gasteiger partial charge is 0.224 e. The Balaban J connectivity index is 0.000000644. The van der Waals surface area contributed by atoms with Crippen LogP contribution in [-0.2, 0) is 0 Å². The van der Waals surface area contributed by atoms with Crippen LogP contribution in [0.15, 0.2) is 12.1 Å². The summed E-state index contributed by atoms with van der Waals surface area (Å²) < 4.78 is 0. The molecule has 0 aliphatic rings. The van der Waals surface area contributed by atoms with Crippen molar-refractivity contribution in [2.45, 2.75) is 34.6 Å². The Bertz CT molecular complexity index is 614. The molecule has 20 heavy (non-hydrogen) atoms. The van der Waals surface area contributed by atoms with Gasteiger partial charge in [0.2, 0.25) is 5.95 Å². The highest BCUT2D eigenvalue weighted by atomic mass is 15.1. The predicted molar refractivity (Wildman–Crippen MR) is 85.6 cm³/mol. The van der Waals surface area contributed by atoms with E-state index < -0.39 is 0 Å². The number of aromatic nitrogens is 2. The summed E-state index contributed by atoms with van der Waals surface area (Å²) in [4.78, 5) is 8.50. The van der Waals surface area contributed by atoms with Crippen molar-refractivity contribution in [3.05, 3.63) is 23.3 Å². The van der Waals surface area contributed by atoms with Gasteiger partial charge in [-0.3, -0.25) is 0 Å². The first kappa shape index (κ1) is 17.6. The van der Waals surface area contributed by atoms with Crippen LogP contribution in [-0.4, -0.2) is 17.0 Å². The molecule has 0 aliphatic carbocycles. The summed E-state index contributed by atoms with van der Waals surface area (Å²) in [5.74, 6) is 1.08. The minimum atomic E-state index is 0. The molecule has 0 fully saturated rings. The molecule has 108 valence electrons. The second-order valence-corrected chi connectivity index (χ2v) is 4.15. The summed E-state index contributed by atoms with van der Waals surface area (Å²) in [5, 5.41) is 11.4. The van der Waals surface area contributed by atoms with Crippen LogP contribution in [0.3, 0.4) is 0 Å². The van der Waals surface area contributed by atoms with Crippen LogP contribution < -0.4 is 11.1 Å². The van der Waals surface area contributed by atoms with Gasteiger partial charge in [-0.1, -0.05) is 14.4 Å². The third-order valence-electron chi connectivity index (χ3n) is 2.72. The molecular formula is C15H23N5. The highest BCUT2D eigenvalue weighted by molar-refractivity contribution is 5.90. The summed E-state index contributed by atoms with van der Waals surface area (Å²) in [5.41, 5.74) is 9.16. The second kappa shape index (κ2) is 7.95. The number of hydrogen-bond acceptors (Lipinski definition) is 5. The molecule has 0 amide bonds. The van der Waals surface area contributed by atoms with Gasteiger partial charge < -0.3 is 11.1 Å². The van der Waals surface area contributed by atoms with E-state index in [9.17, 15) is 0 Å². The maximum absolute atomic E-state index is 7.62. The van der Waals surface area contributed by atoms with Gasteiger partial charge in [0.1, 0.15) is 5.82 Å². The van der Waals surface area contributed by atoms with Gasteiger partial charge >= 0.3 is 0 Å². The lowest BCUT2D eigenvalue weighted by atomic mass is 10.1. The SMILES string of the molecule is C.CCC#N.CNc1nc(N)c2cc(C)c(C)cc2n1. The number of aryl methyl sites for hydroxylation is 2. The molecule has 0 radical (unpaired) electrons. The monoisotopic (exact) mass is 273 g/mol. The minimum absolute atomic E-state index is 0. The first-order valence-corrected chi connectivity index (χ1v) is 6.12. The summed E-state index contributed by atoms with van der Waals surface area (Å²) in [7, 11) is 1.78. The average molecular weight is 273 g/mol. The van der Waals surface area contributed by atoms with E-state index in [1.165, 1.54) is 11.1 Å². The Hall–Kier alpha value is -2.35. The van der Waals surface area contributed by atoms with Gasteiger partial charge in [0.15, 0.2) is 0 Å². The molecule has 0 spiro atoms. The first-order chi connectivity index (χ1) is 9.03. The zero-order valence-corrected chi connectivity index (χ0v) is 11.8. The van der Waals surface area contributed by atoms with Crippen molar-refractivity contribution in [2.24, 2.45) is 0 Å². The largest absolute Gasteiger partial charge is 0.383 e. The molecule has 3 N–H and O–H groups in total. The third-order valence-corrected chi connectivity index (χ3v) is 2.72. The van der Waals surface area contributed by atoms with Gasteiger partial charge in [-0.2, -0.15) is 10.2 Å². The maximum atomic E-state index is 7.62. The highest BCUT2D eigenvalue weighted by Gasteiger charge is 2.05. The second-order valence-electron chi connectivity index (χ2n) is 4.15. The van der Waals surface area contributed by atoms with E-state index in [4.69, 9.17) is 11.0 Å². The number of nitriles is 1. The van der Waals surface area contributed by atoms with Crippen molar-refractivity contribution in [1.82, 2.24) is 9.97 Å². The Labute approximate surface area is 120 Å². The molecule has 0 bridgehead atoms. The van der Waals surface area contributed by atoms with Crippen LogP contribution in [0.5, 0.6) is 0 Å². The molecule has 0 saturated heterocycles.